The van der Waals surface area contributed by atoms with Crippen molar-refractivity contribution < 1.29 is 13.2 Å². The fourth-order valence-corrected chi connectivity index (χ4v) is 3.35. The Morgan fingerprint density at radius 2 is 2.10 bits per heavy atom. The molecular formula is C14H17ClN2O3S. The second-order valence-corrected chi connectivity index (χ2v) is 6.52. The molecule has 0 amide bonds. The standard InChI is InChI=1S/C14H17ClN2O3S/c15-6-10-20-9-2-7-17-21(18,19)14-4-1-3-12-11-16-8-5-13(12)14/h1,3-5,8,11,17H,2,6-7,9-10H2. The lowest BCUT2D eigenvalue weighted by Crippen LogP contribution is -2.25. The molecule has 0 aliphatic heterocycles. The molecule has 0 spiro atoms. The summed E-state index contributed by atoms with van der Waals surface area (Å²) >= 11 is 5.48. The second-order valence-electron chi connectivity index (χ2n) is 4.41. The molecule has 0 fully saturated rings. The molecule has 0 aliphatic carbocycles. The number of pyridine rings is 1. The summed E-state index contributed by atoms with van der Waals surface area (Å²) in [6.45, 7) is 1.28. The van der Waals surface area contributed by atoms with Crippen molar-refractivity contribution in [3.05, 3.63) is 36.7 Å². The van der Waals surface area contributed by atoms with Crippen LogP contribution in [-0.4, -0.2) is 39.0 Å². The number of halogens is 1. The molecule has 2 aromatic rings. The number of benzene rings is 1. The molecule has 0 aliphatic rings. The summed E-state index contributed by atoms with van der Waals surface area (Å²) in [5.74, 6) is 0.440. The lowest BCUT2D eigenvalue weighted by atomic mass is 10.2. The third-order valence-corrected chi connectivity index (χ3v) is 4.58. The predicted octanol–water partition coefficient (Wildman–Crippen LogP) is 2.16. The normalized spacial score (nSPS) is 11.9. The molecule has 2 rings (SSSR count). The van der Waals surface area contributed by atoms with E-state index < -0.39 is 10.0 Å². The van der Waals surface area contributed by atoms with E-state index in [4.69, 9.17) is 16.3 Å². The molecule has 0 radical (unpaired) electrons. The van der Waals surface area contributed by atoms with Gasteiger partial charge < -0.3 is 4.74 Å². The third-order valence-electron chi connectivity index (χ3n) is 2.91. The summed E-state index contributed by atoms with van der Waals surface area (Å²) in [5, 5.41) is 1.46. The van der Waals surface area contributed by atoms with E-state index in [0.29, 0.717) is 37.4 Å². The molecule has 1 heterocycles. The van der Waals surface area contributed by atoms with Crippen LogP contribution in [0.25, 0.3) is 10.8 Å². The zero-order valence-corrected chi connectivity index (χ0v) is 13.0. The van der Waals surface area contributed by atoms with E-state index in [1.54, 1.807) is 30.6 Å². The van der Waals surface area contributed by atoms with Crippen LogP contribution in [-0.2, 0) is 14.8 Å². The Labute approximate surface area is 129 Å². The van der Waals surface area contributed by atoms with Gasteiger partial charge in [-0.25, -0.2) is 13.1 Å². The first kappa shape index (κ1) is 16.2. The number of nitrogens with one attached hydrogen (secondary N) is 1. The van der Waals surface area contributed by atoms with Crippen LogP contribution in [0.3, 0.4) is 0 Å². The van der Waals surface area contributed by atoms with Gasteiger partial charge in [0.2, 0.25) is 10.0 Å². The highest BCUT2D eigenvalue weighted by atomic mass is 35.5. The van der Waals surface area contributed by atoms with Gasteiger partial charge in [0.05, 0.1) is 11.5 Å². The van der Waals surface area contributed by atoms with Crippen molar-refractivity contribution in [2.24, 2.45) is 0 Å². The van der Waals surface area contributed by atoms with Gasteiger partial charge >= 0.3 is 0 Å². The highest BCUT2D eigenvalue weighted by molar-refractivity contribution is 7.89. The Hall–Kier alpha value is -1.21. The molecule has 0 bridgehead atoms. The van der Waals surface area contributed by atoms with Crippen molar-refractivity contribution in [2.45, 2.75) is 11.3 Å². The van der Waals surface area contributed by atoms with Gasteiger partial charge in [-0.2, -0.15) is 0 Å². The topological polar surface area (TPSA) is 68.3 Å². The number of hydrogen-bond donors (Lipinski definition) is 1. The molecule has 21 heavy (non-hydrogen) atoms. The number of fused-ring (bicyclic) bond motifs is 1. The number of aromatic nitrogens is 1. The van der Waals surface area contributed by atoms with E-state index in [2.05, 4.69) is 9.71 Å². The smallest absolute Gasteiger partial charge is 0.241 e. The fraction of sp³-hybridized carbons (Fsp3) is 0.357. The van der Waals surface area contributed by atoms with Gasteiger partial charge in [-0.1, -0.05) is 12.1 Å². The number of ether oxygens (including phenoxy) is 1. The molecule has 0 atom stereocenters. The fourth-order valence-electron chi connectivity index (χ4n) is 1.94. The summed E-state index contributed by atoms with van der Waals surface area (Å²) in [6.07, 6.45) is 3.83. The summed E-state index contributed by atoms with van der Waals surface area (Å²) in [5.41, 5.74) is 0. The minimum Gasteiger partial charge on any atom is -0.380 e. The highest BCUT2D eigenvalue weighted by Gasteiger charge is 2.16. The first-order valence-corrected chi connectivity index (χ1v) is 8.63. The number of rotatable bonds is 8. The average molecular weight is 329 g/mol. The Bertz CT molecular complexity index is 686. The van der Waals surface area contributed by atoms with Gasteiger partial charge in [0.25, 0.3) is 0 Å². The van der Waals surface area contributed by atoms with Crippen LogP contribution in [0.15, 0.2) is 41.6 Å². The summed E-state index contributed by atoms with van der Waals surface area (Å²) in [7, 11) is -3.54. The summed E-state index contributed by atoms with van der Waals surface area (Å²) < 4.78 is 32.5. The Morgan fingerprint density at radius 1 is 1.24 bits per heavy atom. The predicted molar refractivity (Wildman–Crippen MR) is 83.1 cm³/mol. The first-order chi connectivity index (χ1) is 10.1. The lowest BCUT2D eigenvalue weighted by Gasteiger charge is -2.09. The van der Waals surface area contributed by atoms with E-state index in [1.165, 1.54) is 0 Å². The van der Waals surface area contributed by atoms with E-state index in [9.17, 15) is 8.42 Å². The zero-order chi connectivity index (χ0) is 15.1. The monoisotopic (exact) mass is 328 g/mol. The van der Waals surface area contributed by atoms with Crippen molar-refractivity contribution in [2.75, 3.05) is 25.6 Å². The van der Waals surface area contributed by atoms with Crippen LogP contribution in [0.4, 0.5) is 0 Å². The van der Waals surface area contributed by atoms with Crippen LogP contribution in [0, 0.1) is 0 Å². The van der Waals surface area contributed by atoms with Gasteiger partial charge in [0, 0.05) is 42.2 Å². The largest absolute Gasteiger partial charge is 0.380 e. The van der Waals surface area contributed by atoms with Crippen molar-refractivity contribution in [1.29, 1.82) is 0 Å². The molecule has 7 heteroatoms. The second kappa shape index (κ2) is 7.70. The van der Waals surface area contributed by atoms with E-state index in [1.807, 2.05) is 6.07 Å². The maximum atomic E-state index is 12.3. The van der Waals surface area contributed by atoms with Crippen LogP contribution in [0.1, 0.15) is 6.42 Å². The van der Waals surface area contributed by atoms with Crippen LogP contribution < -0.4 is 4.72 Å². The third kappa shape index (κ3) is 4.38. The molecule has 0 saturated carbocycles. The minimum absolute atomic E-state index is 0.268. The van der Waals surface area contributed by atoms with Crippen molar-refractivity contribution in [3.63, 3.8) is 0 Å². The Morgan fingerprint density at radius 3 is 2.90 bits per heavy atom. The van der Waals surface area contributed by atoms with E-state index in [-0.39, 0.29) is 4.90 Å². The van der Waals surface area contributed by atoms with Gasteiger partial charge in [-0.05, 0) is 18.6 Å². The summed E-state index contributed by atoms with van der Waals surface area (Å²) in [4.78, 5) is 4.27. The molecule has 0 saturated heterocycles. The van der Waals surface area contributed by atoms with E-state index in [0.717, 1.165) is 5.39 Å². The average Bonchev–Trinajstić information content (AvgIpc) is 2.50. The number of nitrogens with zero attached hydrogens (tertiary/aromatic N) is 1. The SMILES string of the molecule is O=S(=O)(NCCCOCCCl)c1cccc2cnccc12. The number of sulfonamides is 1. The van der Waals surface area contributed by atoms with Gasteiger partial charge in [-0.15, -0.1) is 11.6 Å². The molecule has 1 N–H and O–H groups in total. The van der Waals surface area contributed by atoms with Crippen molar-refractivity contribution in [3.8, 4) is 0 Å². The van der Waals surface area contributed by atoms with Crippen LogP contribution >= 0.6 is 11.6 Å². The molecule has 5 nitrogen and oxygen atoms in total. The van der Waals surface area contributed by atoms with Crippen LogP contribution in [0.5, 0.6) is 0 Å². The molecule has 1 aromatic carbocycles. The molecule has 1 aromatic heterocycles. The lowest BCUT2D eigenvalue weighted by molar-refractivity contribution is 0.147. The summed E-state index contributed by atoms with van der Waals surface area (Å²) in [6, 6.07) is 6.84. The van der Waals surface area contributed by atoms with Crippen molar-refractivity contribution in [1.82, 2.24) is 9.71 Å². The number of alkyl halides is 1. The van der Waals surface area contributed by atoms with Crippen molar-refractivity contribution >= 4 is 32.4 Å². The first-order valence-electron chi connectivity index (χ1n) is 6.61. The van der Waals surface area contributed by atoms with Gasteiger partial charge in [0.15, 0.2) is 0 Å². The molecule has 0 unspecified atom stereocenters. The number of hydrogen-bond acceptors (Lipinski definition) is 4. The maximum Gasteiger partial charge on any atom is 0.241 e. The van der Waals surface area contributed by atoms with E-state index >= 15 is 0 Å². The quantitative estimate of drug-likeness (QED) is 0.595. The van der Waals surface area contributed by atoms with Gasteiger partial charge in [0.1, 0.15) is 0 Å². The maximum absolute atomic E-state index is 12.3. The minimum atomic E-state index is -3.54. The van der Waals surface area contributed by atoms with Gasteiger partial charge in [-0.3, -0.25) is 4.98 Å². The van der Waals surface area contributed by atoms with Crippen LogP contribution in [0.2, 0.25) is 0 Å². The highest BCUT2D eigenvalue weighted by Crippen LogP contribution is 2.21. The Kier molecular flexibility index (Phi) is 5.93. The molecular weight excluding hydrogens is 312 g/mol. The Balaban J connectivity index is 2.05. The zero-order valence-electron chi connectivity index (χ0n) is 11.5. The molecule has 114 valence electrons.